The van der Waals surface area contributed by atoms with Crippen LogP contribution in [0.4, 0.5) is 19.7 Å². The lowest BCUT2D eigenvalue weighted by Crippen LogP contribution is -2.33. The van der Waals surface area contributed by atoms with Crippen molar-refractivity contribution in [3.05, 3.63) is 34.5 Å². The second kappa shape index (κ2) is 7.16. The van der Waals surface area contributed by atoms with Crippen LogP contribution in [0.2, 0.25) is 0 Å². The van der Waals surface area contributed by atoms with Gasteiger partial charge >= 0.3 is 6.09 Å². The molecule has 0 spiro atoms. The highest BCUT2D eigenvalue weighted by atomic mass is 32.2. The molecule has 10 heteroatoms. The molecule has 1 atom stereocenters. The molecule has 2 saturated heterocycles. The lowest BCUT2D eigenvalue weighted by molar-refractivity contribution is -0.119. The summed E-state index contributed by atoms with van der Waals surface area (Å²) >= 11 is 0.691. The fourth-order valence-electron chi connectivity index (χ4n) is 2.46. The number of cyclic esters (lactones) is 1. The Bertz CT molecular complexity index is 841. The summed E-state index contributed by atoms with van der Waals surface area (Å²) in [7, 11) is 0. The SMILES string of the molecule is CC(=O)NC[C@H]1CN(c2ccc(/C=C3\SC(=O)NC3=O)c(F)c2)C(=O)O1. The topological polar surface area (TPSA) is 105 Å². The predicted octanol–water partition coefficient (Wildman–Crippen LogP) is 1.61. The van der Waals surface area contributed by atoms with Crippen LogP contribution < -0.4 is 15.5 Å². The lowest BCUT2D eigenvalue weighted by atomic mass is 10.1. The Balaban J connectivity index is 1.74. The van der Waals surface area contributed by atoms with Crippen LogP contribution in [0.25, 0.3) is 6.08 Å². The van der Waals surface area contributed by atoms with Gasteiger partial charge in [0.05, 0.1) is 23.7 Å². The monoisotopic (exact) mass is 379 g/mol. The molecule has 8 nitrogen and oxygen atoms in total. The highest BCUT2D eigenvalue weighted by Crippen LogP contribution is 2.29. The zero-order chi connectivity index (χ0) is 18.8. The maximum atomic E-state index is 14.4. The molecule has 3 rings (SSSR count). The van der Waals surface area contributed by atoms with Crippen LogP contribution >= 0.6 is 11.8 Å². The standard InChI is InChI=1S/C16H14FN3O5S/c1-8(21)18-6-11-7-20(16(24)25-11)10-3-2-9(12(17)5-10)4-13-14(22)19-15(23)26-13/h2-5,11H,6-7H2,1H3,(H,18,21)(H,19,22,23)/b13-4-/t11-/m0/s1. The van der Waals surface area contributed by atoms with Gasteiger partial charge in [-0.15, -0.1) is 0 Å². The number of carbonyl (C=O) groups is 4. The Morgan fingerprint density at radius 3 is 2.85 bits per heavy atom. The van der Waals surface area contributed by atoms with Gasteiger partial charge in [0.15, 0.2) is 0 Å². The number of halogens is 1. The number of nitrogens with one attached hydrogen (secondary N) is 2. The summed E-state index contributed by atoms with van der Waals surface area (Å²) in [5.74, 6) is -1.47. The first-order valence-corrected chi connectivity index (χ1v) is 8.42. The quantitative estimate of drug-likeness (QED) is 0.770. The van der Waals surface area contributed by atoms with Gasteiger partial charge in [0.25, 0.3) is 11.1 Å². The number of amides is 4. The number of rotatable bonds is 4. The third-order valence-corrected chi connectivity index (χ3v) is 4.49. The first-order chi connectivity index (χ1) is 12.3. The normalized spacial score (nSPS) is 21.2. The number of anilines is 1. The van der Waals surface area contributed by atoms with Gasteiger partial charge in [-0.25, -0.2) is 9.18 Å². The molecule has 0 aromatic heterocycles. The van der Waals surface area contributed by atoms with E-state index < -0.39 is 29.2 Å². The molecule has 2 aliphatic heterocycles. The molecule has 0 bridgehead atoms. The summed E-state index contributed by atoms with van der Waals surface area (Å²) in [6, 6.07) is 4.06. The van der Waals surface area contributed by atoms with Crippen molar-refractivity contribution in [2.24, 2.45) is 0 Å². The van der Waals surface area contributed by atoms with Crippen LogP contribution in [0.15, 0.2) is 23.1 Å². The van der Waals surface area contributed by atoms with E-state index in [0.29, 0.717) is 17.4 Å². The number of hydrogen-bond acceptors (Lipinski definition) is 6. The van der Waals surface area contributed by atoms with Crippen LogP contribution in [0, 0.1) is 5.82 Å². The number of thioether (sulfide) groups is 1. The number of carbonyl (C=O) groups excluding carboxylic acids is 4. The second-order valence-electron chi connectivity index (χ2n) is 5.61. The van der Waals surface area contributed by atoms with E-state index in [1.807, 2.05) is 0 Å². The minimum Gasteiger partial charge on any atom is -0.442 e. The molecule has 0 aliphatic carbocycles. The summed E-state index contributed by atoms with van der Waals surface area (Å²) in [6.45, 7) is 1.70. The number of nitrogens with zero attached hydrogens (tertiary/aromatic N) is 1. The van der Waals surface area contributed by atoms with Gasteiger partial charge < -0.3 is 10.1 Å². The van der Waals surface area contributed by atoms with Crippen molar-refractivity contribution in [1.29, 1.82) is 0 Å². The maximum Gasteiger partial charge on any atom is 0.414 e. The smallest absolute Gasteiger partial charge is 0.414 e. The number of ether oxygens (including phenoxy) is 1. The van der Waals surface area contributed by atoms with Gasteiger partial charge in [-0.3, -0.25) is 24.6 Å². The molecule has 1 aromatic rings. The Labute approximate surface area is 151 Å². The fourth-order valence-corrected chi connectivity index (χ4v) is 3.13. The molecule has 2 aliphatic rings. The zero-order valence-electron chi connectivity index (χ0n) is 13.6. The molecule has 0 saturated carbocycles. The summed E-state index contributed by atoms with van der Waals surface area (Å²) in [4.78, 5) is 46.9. The van der Waals surface area contributed by atoms with Gasteiger partial charge in [0.1, 0.15) is 11.9 Å². The van der Waals surface area contributed by atoms with Crippen molar-refractivity contribution >= 4 is 46.7 Å². The van der Waals surface area contributed by atoms with Crippen LogP contribution in [0.1, 0.15) is 12.5 Å². The van der Waals surface area contributed by atoms with Crippen molar-refractivity contribution in [3.8, 4) is 0 Å². The summed E-state index contributed by atoms with van der Waals surface area (Å²) in [5.41, 5.74) is 0.406. The van der Waals surface area contributed by atoms with E-state index in [0.717, 1.165) is 6.07 Å². The van der Waals surface area contributed by atoms with E-state index in [4.69, 9.17) is 4.74 Å². The Kier molecular flexibility index (Phi) is 4.94. The molecule has 0 radical (unpaired) electrons. The Hall–Kier alpha value is -2.88. The average molecular weight is 379 g/mol. The average Bonchev–Trinajstić information content (AvgIpc) is 3.09. The number of hydrogen-bond donors (Lipinski definition) is 2. The van der Waals surface area contributed by atoms with Gasteiger partial charge in [-0.2, -0.15) is 0 Å². The van der Waals surface area contributed by atoms with Crippen molar-refractivity contribution in [3.63, 3.8) is 0 Å². The fraction of sp³-hybridized carbons (Fsp3) is 0.250. The first-order valence-electron chi connectivity index (χ1n) is 7.60. The molecule has 4 amide bonds. The van der Waals surface area contributed by atoms with Gasteiger partial charge in [-0.1, -0.05) is 0 Å². The van der Waals surface area contributed by atoms with E-state index in [1.165, 1.54) is 30.0 Å². The third kappa shape index (κ3) is 3.85. The van der Waals surface area contributed by atoms with Crippen molar-refractivity contribution in [2.45, 2.75) is 13.0 Å². The van der Waals surface area contributed by atoms with Crippen molar-refractivity contribution < 1.29 is 28.3 Å². The molecule has 26 heavy (non-hydrogen) atoms. The van der Waals surface area contributed by atoms with Gasteiger partial charge in [0, 0.05) is 12.5 Å². The molecule has 2 fully saturated rings. The molecule has 2 N–H and O–H groups in total. The van der Waals surface area contributed by atoms with Crippen LogP contribution in [0.5, 0.6) is 0 Å². The van der Waals surface area contributed by atoms with Crippen LogP contribution in [-0.4, -0.2) is 42.3 Å². The highest BCUT2D eigenvalue weighted by Gasteiger charge is 2.33. The maximum absolute atomic E-state index is 14.4. The Morgan fingerprint density at radius 2 is 2.23 bits per heavy atom. The number of imide groups is 1. The molecule has 2 heterocycles. The van der Waals surface area contributed by atoms with Crippen molar-refractivity contribution in [2.75, 3.05) is 18.0 Å². The molecular formula is C16H14FN3O5S. The molecule has 136 valence electrons. The lowest BCUT2D eigenvalue weighted by Gasteiger charge is -2.14. The minimum atomic E-state index is -0.652. The van der Waals surface area contributed by atoms with E-state index >= 15 is 0 Å². The largest absolute Gasteiger partial charge is 0.442 e. The third-order valence-electron chi connectivity index (χ3n) is 3.68. The summed E-state index contributed by atoms with van der Waals surface area (Å²) < 4.78 is 19.5. The van der Waals surface area contributed by atoms with Gasteiger partial charge in [-0.05, 0) is 36.0 Å². The van der Waals surface area contributed by atoms with Crippen molar-refractivity contribution in [1.82, 2.24) is 10.6 Å². The minimum absolute atomic E-state index is 0.0950. The first kappa shape index (κ1) is 17.9. The highest BCUT2D eigenvalue weighted by molar-refractivity contribution is 8.18. The van der Waals surface area contributed by atoms with Crippen LogP contribution in [0.3, 0.4) is 0 Å². The van der Waals surface area contributed by atoms with E-state index in [9.17, 15) is 23.6 Å². The summed E-state index contributed by atoms with van der Waals surface area (Å²) in [6.07, 6.45) is 0.106. The van der Waals surface area contributed by atoms with Crippen LogP contribution in [-0.2, 0) is 14.3 Å². The Morgan fingerprint density at radius 1 is 1.46 bits per heavy atom. The van der Waals surface area contributed by atoms with Gasteiger partial charge in [0.2, 0.25) is 5.91 Å². The zero-order valence-corrected chi connectivity index (χ0v) is 14.4. The molecule has 0 unspecified atom stereocenters. The van der Waals surface area contributed by atoms with E-state index in [2.05, 4.69) is 10.6 Å². The summed E-state index contributed by atoms with van der Waals surface area (Å²) in [5, 5.41) is 4.13. The predicted molar refractivity (Wildman–Crippen MR) is 91.8 cm³/mol. The molecular weight excluding hydrogens is 365 g/mol. The second-order valence-corrected chi connectivity index (χ2v) is 6.63. The molecule has 1 aromatic carbocycles. The number of benzene rings is 1. The van der Waals surface area contributed by atoms with E-state index in [-0.39, 0.29) is 29.5 Å². The van der Waals surface area contributed by atoms with E-state index in [1.54, 1.807) is 0 Å².